The number of carbonyl (C=O) groups excluding carboxylic acids is 2. The molecule has 0 aromatic heterocycles. The zero-order valence-corrected chi connectivity index (χ0v) is 23.4. The summed E-state index contributed by atoms with van der Waals surface area (Å²) in [5, 5.41) is 36.3. The standard InChI is InChI=1S/C28H34INO7/c1-14-11-27-13-28(14,35)8-7-18(27)17-10-19(31)23(32)26(2,25(29)34)21(17)22(27)24(33)30-12-15-5-6-16(36-3)9-20(15)37-4/h5-6,9-10,18-19,21-23,31-32,35H,1,7-8,11-13H2,2-4H3,(H,30,33)/t18-,19+,21?,22+,23-,26-,27-,28-/m0/s1. The molecule has 2 bridgehead atoms. The number of hydrogen-bond acceptors (Lipinski definition) is 7. The maximum Gasteiger partial charge on any atom is 0.224 e. The fourth-order valence-corrected chi connectivity index (χ4v) is 8.49. The number of methoxy groups -OCH3 is 2. The second-order valence-corrected chi connectivity index (χ2v) is 12.3. The predicted octanol–water partition coefficient (Wildman–Crippen LogP) is 2.67. The van der Waals surface area contributed by atoms with E-state index in [0.717, 1.165) is 11.1 Å². The highest BCUT2D eigenvalue weighted by atomic mass is 127. The van der Waals surface area contributed by atoms with Crippen LogP contribution in [0.5, 0.6) is 11.5 Å². The Hall–Kier alpha value is -1.95. The van der Waals surface area contributed by atoms with E-state index in [1.54, 1.807) is 61.9 Å². The molecule has 1 aromatic carbocycles. The van der Waals surface area contributed by atoms with Crippen molar-refractivity contribution < 1.29 is 34.4 Å². The highest BCUT2D eigenvalue weighted by Crippen LogP contribution is 2.73. The number of hydrogen-bond donors (Lipinski definition) is 4. The van der Waals surface area contributed by atoms with Gasteiger partial charge in [-0.3, -0.25) is 9.59 Å². The van der Waals surface area contributed by atoms with Gasteiger partial charge in [0.05, 0.1) is 43.4 Å². The monoisotopic (exact) mass is 623 g/mol. The predicted molar refractivity (Wildman–Crippen MR) is 144 cm³/mol. The van der Waals surface area contributed by atoms with Crippen LogP contribution in [-0.4, -0.2) is 57.0 Å². The van der Waals surface area contributed by atoms with Crippen LogP contribution in [0, 0.1) is 28.6 Å². The largest absolute Gasteiger partial charge is 0.497 e. The van der Waals surface area contributed by atoms with Gasteiger partial charge in [-0.1, -0.05) is 18.2 Å². The van der Waals surface area contributed by atoms with Gasteiger partial charge in [-0.25, -0.2) is 0 Å². The SMILES string of the molecule is C=C1C[C@]23C[C@@]1(O)CC[C@H]2C1=C[C@@H](O)[C@H](O)[C@@](C)(C(=O)I)C1[C@@H]3C(=O)NCc1ccc(OC)cc1OC. The van der Waals surface area contributed by atoms with E-state index >= 15 is 0 Å². The Bertz CT molecular complexity index is 1200. The molecule has 0 aliphatic heterocycles. The third-order valence-electron chi connectivity index (χ3n) is 9.68. The van der Waals surface area contributed by atoms with Crippen LogP contribution in [0.1, 0.15) is 38.2 Å². The van der Waals surface area contributed by atoms with E-state index < -0.39 is 40.5 Å². The first-order valence-corrected chi connectivity index (χ1v) is 13.7. The highest BCUT2D eigenvalue weighted by Gasteiger charge is 2.73. The second kappa shape index (κ2) is 9.07. The summed E-state index contributed by atoms with van der Waals surface area (Å²) in [4.78, 5) is 27.3. The molecule has 200 valence electrons. The molecule has 8 nitrogen and oxygen atoms in total. The maximum atomic E-state index is 14.2. The molecule has 1 spiro atoms. The van der Waals surface area contributed by atoms with E-state index in [2.05, 4.69) is 11.9 Å². The number of nitrogens with one attached hydrogen (secondary N) is 1. The van der Waals surface area contributed by atoms with E-state index in [0.29, 0.717) is 42.8 Å². The lowest BCUT2D eigenvalue weighted by molar-refractivity contribution is -0.145. The summed E-state index contributed by atoms with van der Waals surface area (Å²) in [5.41, 5.74) is -0.729. The molecule has 5 rings (SSSR count). The number of ether oxygens (including phenoxy) is 2. The molecular formula is C28H34INO7. The van der Waals surface area contributed by atoms with Crippen LogP contribution in [0.3, 0.4) is 0 Å². The van der Waals surface area contributed by atoms with Crippen LogP contribution in [0.25, 0.3) is 0 Å². The van der Waals surface area contributed by atoms with Crippen LogP contribution in [0.15, 0.2) is 42.0 Å². The zero-order chi connectivity index (χ0) is 26.9. The first-order chi connectivity index (χ1) is 17.4. The summed E-state index contributed by atoms with van der Waals surface area (Å²) in [7, 11) is 3.12. The fourth-order valence-electron chi connectivity index (χ4n) is 7.83. The minimum absolute atomic E-state index is 0.0967. The molecule has 1 amide bonds. The first-order valence-electron chi connectivity index (χ1n) is 12.6. The number of amides is 1. The summed E-state index contributed by atoms with van der Waals surface area (Å²) >= 11 is 1.68. The second-order valence-electron chi connectivity index (χ2n) is 11.3. The van der Waals surface area contributed by atoms with Gasteiger partial charge >= 0.3 is 0 Å². The first kappa shape index (κ1) is 26.6. The van der Waals surface area contributed by atoms with Gasteiger partial charge in [0.25, 0.3) is 0 Å². The Morgan fingerprint density at radius 3 is 2.62 bits per heavy atom. The number of rotatable bonds is 6. The smallest absolute Gasteiger partial charge is 0.224 e. The van der Waals surface area contributed by atoms with Crippen LogP contribution >= 0.6 is 22.6 Å². The van der Waals surface area contributed by atoms with Crippen LogP contribution in [0.4, 0.5) is 0 Å². The lowest BCUT2D eigenvalue weighted by Crippen LogP contribution is -2.56. The Morgan fingerprint density at radius 2 is 1.97 bits per heavy atom. The van der Waals surface area contributed by atoms with Crippen molar-refractivity contribution in [3.05, 3.63) is 47.6 Å². The summed E-state index contributed by atoms with van der Waals surface area (Å²) in [6, 6.07) is 5.37. The molecule has 1 aromatic rings. The molecule has 3 fully saturated rings. The van der Waals surface area contributed by atoms with E-state index in [9.17, 15) is 24.9 Å². The molecule has 1 unspecified atom stereocenters. The van der Waals surface area contributed by atoms with Crippen molar-refractivity contribution in [2.75, 3.05) is 14.2 Å². The van der Waals surface area contributed by atoms with Gasteiger partial charge in [0, 0.05) is 46.7 Å². The number of carbonyl (C=O) groups is 2. The third kappa shape index (κ3) is 3.71. The highest BCUT2D eigenvalue weighted by molar-refractivity contribution is 14.1. The number of halogens is 1. The van der Waals surface area contributed by atoms with Gasteiger partial charge in [0.15, 0.2) is 0 Å². The van der Waals surface area contributed by atoms with Crippen molar-refractivity contribution in [2.24, 2.45) is 28.6 Å². The minimum Gasteiger partial charge on any atom is -0.497 e. The normalized spacial score (nSPS) is 39.9. The maximum absolute atomic E-state index is 14.2. The van der Waals surface area contributed by atoms with E-state index in [-0.39, 0.29) is 22.2 Å². The van der Waals surface area contributed by atoms with Gasteiger partial charge in [0.2, 0.25) is 9.70 Å². The Labute approximate surface area is 230 Å². The molecule has 9 heteroatoms. The number of aliphatic hydroxyl groups is 3. The average Bonchev–Trinajstić information content (AvgIpc) is 3.25. The van der Waals surface area contributed by atoms with Crippen LogP contribution in [0.2, 0.25) is 0 Å². The van der Waals surface area contributed by atoms with Crippen molar-refractivity contribution in [1.29, 1.82) is 0 Å². The quantitative estimate of drug-likeness (QED) is 0.218. The number of benzene rings is 1. The fraction of sp³-hybridized carbons (Fsp3) is 0.571. The average molecular weight is 623 g/mol. The third-order valence-corrected chi connectivity index (χ3v) is 10.8. The summed E-state index contributed by atoms with van der Waals surface area (Å²) in [5.74, 6) is -0.428. The summed E-state index contributed by atoms with van der Waals surface area (Å²) < 4.78 is 10.5. The molecule has 4 N–H and O–H groups in total. The summed E-state index contributed by atoms with van der Waals surface area (Å²) in [6.45, 7) is 6.02. The summed E-state index contributed by atoms with van der Waals surface area (Å²) in [6.07, 6.45) is 1.09. The Kier molecular flexibility index (Phi) is 6.53. The molecule has 8 atom stereocenters. The van der Waals surface area contributed by atoms with Crippen molar-refractivity contribution in [1.82, 2.24) is 5.32 Å². The van der Waals surface area contributed by atoms with E-state index in [1.165, 1.54) is 0 Å². The molecule has 4 aliphatic rings. The Morgan fingerprint density at radius 1 is 1.24 bits per heavy atom. The molecule has 4 aliphatic carbocycles. The van der Waals surface area contributed by atoms with Gasteiger partial charge < -0.3 is 30.1 Å². The number of fused-ring (bicyclic) bond motifs is 3. The number of aliphatic hydroxyl groups excluding tert-OH is 2. The molecule has 0 heterocycles. The topological polar surface area (TPSA) is 125 Å². The van der Waals surface area contributed by atoms with Crippen molar-refractivity contribution in [2.45, 2.75) is 57.0 Å². The molecule has 37 heavy (non-hydrogen) atoms. The lowest BCUT2D eigenvalue weighted by atomic mass is 9.60. The molecule has 0 saturated heterocycles. The van der Waals surface area contributed by atoms with E-state index in [4.69, 9.17) is 9.47 Å². The molecular weight excluding hydrogens is 589 g/mol. The van der Waals surface area contributed by atoms with Gasteiger partial charge in [-0.15, -0.1) is 0 Å². The number of allylic oxidation sites excluding steroid dienone is 1. The molecule has 0 radical (unpaired) electrons. The Balaban J connectivity index is 1.57. The van der Waals surface area contributed by atoms with Crippen LogP contribution < -0.4 is 14.8 Å². The van der Waals surface area contributed by atoms with E-state index in [1.807, 2.05) is 6.07 Å². The lowest BCUT2D eigenvalue weighted by Gasteiger charge is -2.45. The van der Waals surface area contributed by atoms with Gasteiger partial charge in [0.1, 0.15) is 11.5 Å². The van der Waals surface area contributed by atoms with Crippen molar-refractivity contribution in [3.63, 3.8) is 0 Å². The van der Waals surface area contributed by atoms with Crippen molar-refractivity contribution in [3.8, 4) is 11.5 Å². The van der Waals surface area contributed by atoms with Crippen molar-refractivity contribution >= 4 is 32.3 Å². The van der Waals surface area contributed by atoms with Crippen LogP contribution in [-0.2, 0) is 16.1 Å². The zero-order valence-electron chi connectivity index (χ0n) is 21.3. The minimum atomic E-state index is -1.36. The van der Waals surface area contributed by atoms with Gasteiger partial charge in [-0.05, 0) is 61.6 Å². The van der Waals surface area contributed by atoms with Gasteiger partial charge in [-0.2, -0.15) is 0 Å². The molecule has 3 saturated carbocycles.